The molecule has 2 fully saturated rings. The average Bonchev–Trinajstić information content (AvgIpc) is 2.86. The summed E-state index contributed by atoms with van der Waals surface area (Å²) in [5, 5.41) is 14.3. The van der Waals surface area contributed by atoms with Gasteiger partial charge in [0, 0.05) is 24.6 Å². The van der Waals surface area contributed by atoms with Gasteiger partial charge in [0.25, 0.3) is 5.91 Å². The maximum Gasteiger partial charge on any atom is 0.339 e. The van der Waals surface area contributed by atoms with Gasteiger partial charge in [-0.05, 0) is 82.1 Å². The summed E-state index contributed by atoms with van der Waals surface area (Å²) in [4.78, 5) is 39.9. The summed E-state index contributed by atoms with van der Waals surface area (Å²) >= 11 is 0. The average molecular weight is 497 g/mol. The molecule has 194 valence electrons. The molecular formula is C28H36N2O6. The molecule has 2 aromatic rings. The molecule has 0 spiro atoms. The molecule has 1 aliphatic heterocycles. The van der Waals surface area contributed by atoms with Crippen molar-refractivity contribution in [2.24, 2.45) is 5.92 Å². The van der Waals surface area contributed by atoms with Crippen molar-refractivity contribution >= 4 is 22.8 Å². The van der Waals surface area contributed by atoms with Gasteiger partial charge in [-0.25, -0.2) is 4.79 Å². The zero-order chi connectivity index (χ0) is 25.4. The van der Waals surface area contributed by atoms with Crippen LogP contribution in [0, 0.1) is 12.8 Å². The van der Waals surface area contributed by atoms with Crippen molar-refractivity contribution in [2.75, 3.05) is 19.6 Å². The lowest BCUT2D eigenvalue weighted by Crippen LogP contribution is -2.56. The molecule has 3 aliphatic rings. The number of ether oxygens (including phenoxy) is 1. The van der Waals surface area contributed by atoms with E-state index in [4.69, 9.17) is 9.15 Å². The largest absolute Gasteiger partial charge is 0.480 e. The van der Waals surface area contributed by atoms with Gasteiger partial charge in [0.1, 0.15) is 11.3 Å². The number of hydrogen-bond acceptors (Lipinski definition) is 6. The number of aliphatic hydroxyl groups is 1. The lowest BCUT2D eigenvalue weighted by Gasteiger charge is -2.47. The van der Waals surface area contributed by atoms with E-state index >= 15 is 0 Å². The molecule has 8 heteroatoms. The number of amides is 2. The number of aryl methyl sites for hydroxylation is 2. The fourth-order valence-electron chi connectivity index (χ4n) is 6.22. The predicted molar refractivity (Wildman–Crippen MR) is 135 cm³/mol. The number of piperidine rings is 1. The van der Waals surface area contributed by atoms with Gasteiger partial charge < -0.3 is 24.5 Å². The number of nitrogens with one attached hydrogen (secondary N) is 1. The molecule has 0 radical (unpaired) electrons. The van der Waals surface area contributed by atoms with Crippen molar-refractivity contribution < 1.29 is 23.8 Å². The van der Waals surface area contributed by atoms with Crippen LogP contribution in [0.2, 0.25) is 0 Å². The Morgan fingerprint density at radius 3 is 2.78 bits per heavy atom. The van der Waals surface area contributed by atoms with Gasteiger partial charge in [0.05, 0.1) is 17.5 Å². The molecule has 2 amide bonds. The summed E-state index contributed by atoms with van der Waals surface area (Å²) < 4.78 is 11.7. The highest BCUT2D eigenvalue weighted by Gasteiger charge is 2.43. The quantitative estimate of drug-likeness (QED) is 0.616. The van der Waals surface area contributed by atoms with Crippen LogP contribution in [0.25, 0.3) is 11.0 Å². The zero-order valence-corrected chi connectivity index (χ0v) is 21.2. The van der Waals surface area contributed by atoms with Crippen molar-refractivity contribution in [3.63, 3.8) is 0 Å². The minimum Gasteiger partial charge on any atom is -0.480 e. The Morgan fingerprint density at radius 2 is 1.97 bits per heavy atom. The van der Waals surface area contributed by atoms with E-state index in [-0.39, 0.29) is 29.9 Å². The second-order valence-corrected chi connectivity index (χ2v) is 10.8. The van der Waals surface area contributed by atoms with Crippen LogP contribution in [-0.4, -0.2) is 53.2 Å². The third-order valence-corrected chi connectivity index (χ3v) is 8.30. The fourth-order valence-corrected chi connectivity index (χ4v) is 6.22. The van der Waals surface area contributed by atoms with Crippen LogP contribution in [0.1, 0.15) is 68.6 Å². The summed E-state index contributed by atoms with van der Waals surface area (Å²) in [7, 11) is 0. The van der Waals surface area contributed by atoms with Crippen molar-refractivity contribution in [3.05, 3.63) is 39.2 Å². The molecule has 5 rings (SSSR count). The molecule has 1 aromatic heterocycles. The maximum atomic E-state index is 12.9. The molecule has 36 heavy (non-hydrogen) atoms. The summed E-state index contributed by atoms with van der Waals surface area (Å²) in [5.41, 5.74) is 2.07. The van der Waals surface area contributed by atoms with Crippen molar-refractivity contribution in [1.29, 1.82) is 0 Å². The van der Waals surface area contributed by atoms with E-state index in [2.05, 4.69) is 5.32 Å². The highest BCUT2D eigenvalue weighted by molar-refractivity contribution is 5.90. The molecule has 2 heterocycles. The van der Waals surface area contributed by atoms with Crippen LogP contribution >= 0.6 is 0 Å². The monoisotopic (exact) mass is 496 g/mol. The number of likely N-dealkylation sites (tertiary alicyclic amines) is 1. The van der Waals surface area contributed by atoms with Gasteiger partial charge in [-0.2, -0.15) is 0 Å². The van der Waals surface area contributed by atoms with Crippen molar-refractivity contribution in [1.82, 2.24) is 10.2 Å². The number of nitrogens with zero attached hydrogens (tertiary/aromatic N) is 1. The number of benzene rings is 1. The SMILES string of the molecule is Cc1cc(O[C@H](C)C(=O)NCC(=O)N2CC[C@]3(O)CCCC[C@@H]3C2)c2c3c(c(=O)oc2c1)CCCC3. The van der Waals surface area contributed by atoms with Gasteiger partial charge in [-0.15, -0.1) is 0 Å². The molecule has 0 unspecified atom stereocenters. The first-order valence-electron chi connectivity index (χ1n) is 13.3. The van der Waals surface area contributed by atoms with Gasteiger partial charge in [-0.3, -0.25) is 9.59 Å². The van der Waals surface area contributed by atoms with Crippen LogP contribution < -0.4 is 15.7 Å². The lowest BCUT2D eigenvalue weighted by molar-refractivity contribution is -0.144. The van der Waals surface area contributed by atoms with Gasteiger partial charge >= 0.3 is 5.63 Å². The Bertz CT molecular complexity index is 1240. The smallest absolute Gasteiger partial charge is 0.339 e. The second kappa shape index (κ2) is 9.88. The Balaban J connectivity index is 1.25. The lowest BCUT2D eigenvalue weighted by atomic mass is 9.71. The summed E-state index contributed by atoms with van der Waals surface area (Å²) in [5.74, 6) is 0.117. The Morgan fingerprint density at radius 1 is 1.19 bits per heavy atom. The molecular weight excluding hydrogens is 460 g/mol. The fraction of sp³-hybridized carbons (Fsp3) is 0.607. The predicted octanol–water partition coefficient (Wildman–Crippen LogP) is 3.02. The number of carbonyl (C=O) groups is 2. The van der Waals surface area contributed by atoms with Crippen LogP contribution in [0.3, 0.4) is 0 Å². The molecule has 8 nitrogen and oxygen atoms in total. The minimum absolute atomic E-state index is 0.101. The zero-order valence-electron chi connectivity index (χ0n) is 21.2. The molecule has 3 atom stereocenters. The van der Waals surface area contributed by atoms with E-state index in [0.29, 0.717) is 42.8 Å². The van der Waals surface area contributed by atoms with E-state index in [1.54, 1.807) is 11.8 Å². The highest BCUT2D eigenvalue weighted by Crippen LogP contribution is 2.40. The van der Waals surface area contributed by atoms with Crippen LogP contribution in [0.5, 0.6) is 5.75 Å². The van der Waals surface area contributed by atoms with E-state index in [0.717, 1.165) is 61.5 Å². The van der Waals surface area contributed by atoms with E-state index in [9.17, 15) is 19.5 Å². The normalized spacial score (nSPS) is 24.5. The molecule has 0 bridgehead atoms. The van der Waals surface area contributed by atoms with E-state index in [1.807, 2.05) is 19.1 Å². The first-order chi connectivity index (χ1) is 17.2. The summed E-state index contributed by atoms with van der Waals surface area (Å²) in [6.07, 6.45) is 7.04. The van der Waals surface area contributed by atoms with Gasteiger partial charge in [-0.1, -0.05) is 12.8 Å². The number of fused-ring (bicyclic) bond motifs is 4. The summed E-state index contributed by atoms with van der Waals surface area (Å²) in [6, 6.07) is 3.69. The molecule has 1 saturated heterocycles. The number of rotatable bonds is 5. The second-order valence-electron chi connectivity index (χ2n) is 10.8. The van der Waals surface area contributed by atoms with Crippen LogP contribution in [0.15, 0.2) is 21.3 Å². The van der Waals surface area contributed by atoms with Crippen LogP contribution in [-0.2, 0) is 22.4 Å². The minimum atomic E-state index is -0.834. The van der Waals surface area contributed by atoms with Crippen LogP contribution in [0.4, 0.5) is 0 Å². The van der Waals surface area contributed by atoms with E-state index < -0.39 is 11.7 Å². The third-order valence-electron chi connectivity index (χ3n) is 8.30. The molecule has 2 N–H and O–H groups in total. The third kappa shape index (κ3) is 4.75. The molecule has 1 saturated carbocycles. The van der Waals surface area contributed by atoms with Gasteiger partial charge in [0.2, 0.25) is 5.91 Å². The van der Waals surface area contributed by atoms with Crippen molar-refractivity contribution in [2.45, 2.75) is 83.3 Å². The number of carbonyl (C=O) groups excluding carboxylic acids is 2. The Hall–Kier alpha value is -2.87. The summed E-state index contributed by atoms with van der Waals surface area (Å²) in [6.45, 7) is 4.50. The standard InChI is InChI=1S/C28H36N2O6/c1-17-13-22(25-20-8-3-4-9-21(20)27(33)36-23(25)14-17)35-18(2)26(32)29-15-24(31)30-12-11-28(34)10-6-5-7-19(28)16-30/h13-14,18-19,34H,3-12,15-16H2,1-2H3,(H,29,32)/t18-,19-,28-/m1/s1. The first-order valence-corrected chi connectivity index (χ1v) is 13.3. The Labute approximate surface area is 211 Å². The number of hydrogen-bond donors (Lipinski definition) is 2. The maximum absolute atomic E-state index is 12.9. The Kier molecular flexibility index (Phi) is 6.81. The first kappa shape index (κ1) is 24.8. The highest BCUT2D eigenvalue weighted by atomic mass is 16.5. The van der Waals surface area contributed by atoms with Crippen molar-refractivity contribution in [3.8, 4) is 5.75 Å². The molecule has 1 aromatic carbocycles. The molecule has 2 aliphatic carbocycles. The van der Waals surface area contributed by atoms with E-state index in [1.165, 1.54) is 0 Å². The van der Waals surface area contributed by atoms with Gasteiger partial charge in [0.15, 0.2) is 6.10 Å². The topological polar surface area (TPSA) is 109 Å².